The Morgan fingerprint density at radius 2 is 1.54 bits per heavy atom. The van der Waals surface area contributed by atoms with E-state index in [1.54, 1.807) is 0 Å². The summed E-state index contributed by atoms with van der Waals surface area (Å²) in [6.07, 6.45) is 7.26. The van der Waals surface area contributed by atoms with Crippen LogP contribution < -0.4 is 17.2 Å². The van der Waals surface area contributed by atoms with Crippen molar-refractivity contribution in [3.8, 4) is 0 Å². The van der Waals surface area contributed by atoms with Crippen molar-refractivity contribution in [3.63, 3.8) is 0 Å². The number of hydrogen-bond donors (Lipinski definition) is 3. The molecular weight excluding hydrogens is 608 g/mol. The molecule has 4 fully saturated rings. The molecule has 4 saturated carbocycles. The van der Waals surface area contributed by atoms with Crippen molar-refractivity contribution in [1.29, 1.82) is 0 Å². The first-order chi connectivity index (χ1) is 22.9. The van der Waals surface area contributed by atoms with Gasteiger partial charge in [0.05, 0.1) is 19.6 Å². The molecule has 11 atom stereocenters. The fraction of sp³-hybridized carbons (Fsp3) is 0.763. The van der Waals surface area contributed by atoms with Gasteiger partial charge in [-0.05, 0) is 112 Å². The van der Waals surface area contributed by atoms with Crippen molar-refractivity contribution in [3.05, 3.63) is 35.9 Å². The second kappa shape index (κ2) is 15.6. The number of fused-ring (bicyclic) bond motifs is 5. The Morgan fingerprint density at radius 3 is 2.23 bits per heavy atom. The highest BCUT2D eigenvalue weighted by Gasteiger charge is 2.67. The van der Waals surface area contributed by atoms with Crippen LogP contribution in [0.4, 0.5) is 0 Å². The van der Waals surface area contributed by atoms with Gasteiger partial charge in [0.25, 0.3) is 0 Å². The molecule has 4 unspecified atom stereocenters. The number of hydrogen-bond acceptors (Lipinski definition) is 10. The van der Waals surface area contributed by atoms with Crippen molar-refractivity contribution in [1.82, 2.24) is 4.90 Å². The van der Waals surface area contributed by atoms with Gasteiger partial charge in [-0.2, -0.15) is 0 Å². The molecule has 0 aromatic heterocycles. The van der Waals surface area contributed by atoms with E-state index in [0.717, 1.165) is 51.6 Å². The smallest absolute Gasteiger partial charge is 0.319 e. The molecular formula is C38H60N4O6. The lowest BCUT2D eigenvalue weighted by molar-refractivity contribution is -0.225. The Kier molecular flexibility index (Phi) is 11.9. The lowest BCUT2D eigenvalue weighted by atomic mass is 9.43. The Balaban J connectivity index is 1.38. The Bertz CT molecular complexity index is 1260. The maximum atomic E-state index is 12.9. The summed E-state index contributed by atoms with van der Waals surface area (Å²) in [5, 5.41) is 0. The average Bonchev–Trinajstić information content (AvgIpc) is 3.43. The van der Waals surface area contributed by atoms with Crippen LogP contribution in [-0.4, -0.2) is 74.3 Å². The summed E-state index contributed by atoms with van der Waals surface area (Å²) >= 11 is 0. The second-order valence-corrected chi connectivity index (χ2v) is 15.9. The summed E-state index contributed by atoms with van der Waals surface area (Å²) in [5.74, 6) is 0.375. The van der Waals surface area contributed by atoms with Gasteiger partial charge in [0, 0.05) is 17.9 Å². The van der Waals surface area contributed by atoms with Gasteiger partial charge < -0.3 is 36.3 Å². The zero-order valence-electron chi connectivity index (χ0n) is 29.6. The first-order valence-electron chi connectivity index (χ1n) is 18.4. The summed E-state index contributed by atoms with van der Waals surface area (Å²) in [7, 11) is 2.18. The quantitative estimate of drug-likeness (QED) is 0.207. The lowest BCUT2D eigenvalue weighted by Gasteiger charge is -2.64. The first kappa shape index (κ1) is 36.7. The molecule has 0 radical (unpaired) electrons. The molecule has 0 amide bonds. The fourth-order valence-corrected chi connectivity index (χ4v) is 11.0. The van der Waals surface area contributed by atoms with E-state index in [9.17, 15) is 14.4 Å². The van der Waals surface area contributed by atoms with Crippen molar-refractivity contribution in [2.24, 2.45) is 63.5 Å². The normalized spacial score (nSPS) is 36.3. The zero-order chi connectivity index (χ0) is 34.6. The average molecular weight is 669 g/mol. The predicted molar refractivity (Wildman–Crippen MR) is 184 cm³/mol. The molecule has 10 heteroatoms. The van der Waals surface area contributed by atoms with Gasteiger partial charge in [0.2, 0.25) is 0 Å². The molecule has 48 heavy (non-hydrogen) atoms. The molecule has 268 valence electrons. The summed E-state index contributed by atoms with van der Waals surface area (Å²) in [4.78, 5) is 40.2. The minimum atomic E-state index is -0.389. The van der Waals surface area contributed by atoms with E-state index in [1.165, 1.54) is 5.56 Å². The number of benzene rings is 1. The van der Waals surface area contributed by atoms with Crippen molar-refractivity contribution >= 4 is 17.9 Å². The standard InChI is InChI=1S/C38H60N4O6/c1-24(9-8-16-42(4)23-25-10-6-5-7-11-25)28-12-13-29-36-30(19-32(38(28,29)3)48-35(45)22-41)37(2)15-14-27(46-33(43)20-39)17-26(37)18-31(36)47-34(44)21-40/h5-7,10-11,24,26-32,36H,8-9,12-23,39-41H2,1-4H3/t24-,26?,27-,28?,29+,30+,31-,32+,36?,37?,38+/m1/s1. The van der Waals surface area contributed by atoms with Crippen molar-refractivity contribution in [2.45, 2.75) is 103 Å². The van der Waals surface area contributed by atoms with Crippen molar-refractivity contribution in [2.75, 3.05) is 33.2 Å². The third-order valence-corrected chi connectivity index (χ3v) is 13.3. The van der Waals surface area contributed by atoms with Crippen LogP contribution in [0.5, 0.6) is 0 Å². The molecule has 0 saturated heterocycles. The monoisotopic (exact) mass is 668 g/mol. The summed E-state index contributed by atoms with van der Waals surface area (Å²) in [6.45, 7) is 8.57. The molecule has 1 aromatic rings. The van der Waals surface area contributed by atoms with Gasteiger partial charge >= 0.3 is 17.9 Å². The lowest BCUT2D eigenvalue weighted by Crippen LogP contribution is -2.63. The van der Waals surface area contributed by atoms with Crippen LogP contribution >= 0.6 is 0 Å². The van der Waals surface area contributed by atoms with Gasteiger partial charge in [-0.1, -0.05) is 51.1 Å². The number of esters is 3. The third-order valence-electron chi connectivity index (χ3n) is 13.3. The van der Waals surface area contributed by atoms with Gasteiger partial charge in [0.15, 0.2) is 0 Å². The predicted octanol–water partition coefficient (Wildman–Crippen LogP) is 4.02. The molecule has 10 nitrogen and oxygen atoms in total. The first-order valence-corrected chi connectivity index (χ1v) is 18.4. The van der Waals surface area contributed by atoms with Crippen LogP contribution in [0, 0.1) is 46.3 Å². The largest absolute Gasteiger partial charge is 0.461 e. The molecule has 1 aromatic carbocycles. The van der Waals surface area contributed by atoms with Crippen LogP contribution in [-0.2, 0) is 35.1 Å². The maximum Gasteiger partial charge on any atom is 0.319 e. The van der Waals surface area contributed by atoms with Crippen LogP contribution in [0.25, 0.3) is 0 Å². The van der Waals surface area contributed by atoms with Gasteiger partial charge in [-0.3, -0.25) is 14.4 Å². The van der Waals surface area contributed by atoms with E-state index >= 15 is 0 Å². The molecule has 4 aliphatic rings. The Hall–Kier alpha value is -2.53. The van der Waals surface area contributed by atoms with Crippen LogP contribution in [0.1, 0.15) is 84.1 Å². The topological polar surface area (TPSA) is 160 Å². The van der Waals surface area contributed by atoms with E-state index in [0.29, 0.717) is 31.1 Å². The Morgan fingerprint density at radius 1 is 0.875 bits per heavy atom. The summed E-state index contributed by atoms with van der Waals surface area (Å²) in [5.41, 5.74) is 18.2. The van der Waals surface area contributed by atoms with Gasteiger partial charge in [-0.15, -0.1) is 0 Å². The molecule has 0 heterocycles. The molecule has 0 bridgehead atoms. The van der Waals surface area contributed by atoms with Crippen molar-refractivity contribution < 1.29 is 28.6 Å². The minimum absolute atomic E-state index is 0.0797. The zero-order valence-corrected chi connectivity index (χ0v) is 29.6. The molecule has 0 spiro atoms. The van der Waals surface area contributed by atoms with E-state index < -0.39 is 0 Å². The maximum absolute atomic E-state index is 12.9. The van der Waals surface area contributed by atoms with Crippen LogP contribution in [0.3, 0.4) is 0 Å². The van der Waals surface area contributed by atoms with E-state index in [2.05, 4.69) is 63.1 Å². The van der Waals surface area contributed by atoms with Gasteiger partial charge in [-0.25, -0.2) is 0 Å². The van der Waals surface area contributed by atoms with Gasteiger partial charge in [0.1, 0.15) is 18.3 Å². The summed E-state index contributed by atoms with van der Waals surface area (Å²) in [6, 6.07) is 10.6. The number of nitrogens with zero attached hydrogens (tertiary/aromatic N) is 1. The SMILES string of the molecule is C[C@H](CCCN(C)Cc1ccccc1)C1CC[C@H]2C3[C@H](OC(=O)CN)CC4C[C@H](OC(=O)CN)CCC4(C)[C@H]3C[C@H](OC(=O)CN)[C@@]12C. The highest BCUT2D eigenvalue weighted by Crippen LogP contribution is 2.69. The Labute approximate surface area is 287 Å². The fourth-order valence-electron chi connectivity index (χ4n) is 11.0. The second-order valence-electron chi connectivity index (χ2n) is 15.9. The van der Waals surface area contributed by atoms with E-state index in [4.69, 9.17) is 31.4 Å². The number of ether oxygens (including phenoxy) is 3. The summed E-state index contributed by atoms with van der Waals surface area (Å²) < 4.78 is 18.3. The highest BCUT2D eigenvalue weighted by molar-refractivity contribution is 5.72. The third kappa shape index (κ3) is 7.47. The number of nitrogens with two attached hydrogens (primary N) is 3. The highest BCUT2D eigenvalue weighted by atomic mass is 16.6. The molecule has 0 aliphatic heterocycles. The van der Waals surface area contributed by atoms with E-state index in [-0.39, 0.29) is 90.4 Å². The number of rotatable bonds is 13. The molecule has 4 aliphatic carbocycles. The van der Waals surface area contributed by atoms with Crippen LogP contribution in [0.2, 0.25) is 0 Å². The number of carbonyl (C=O) groups excluding carboxylic acids is 3. The van der Waals surface area contributed by atoms with Crippen LogP contribution in [0.15, 0.2) is 30.3 Å². The molecule has 6 N–H and O–H groups in total. The molecule has 5 rings (SSSR count). The van der Waals surface area contributed by atoms with E-state index in [1.807, 2.05) is 0 Å². The number of carbonyl (C=O) groups is 3. The minimum Gasteiger partial charge on any atom is -0.461 e.